The summed E-state index contributed by atoms with van der Waals surface area (Å²) in [6.45, 7) is 5.34. The highest BCUT2D eigenvalue weighted by Gasteiger charge is 2.15. The normalized spacial score (nSPS) is 12.8. The Morgan fingerprint density at radius 2 is 1.89 bits per heavy atom. The van der Waals surface area contributed by atoms with Crippen LogP contribution in [0, 0.1) is 0 Å². The lowest BCUT2D eigenvalue weighted by Gasteiger charge is -2.19. The molecule has 1 nitrogen and oxygen atoms in total. The average molecular weight is 294 g/mol. The van der Waals surface area contributed by atoms with Crippen molar-refractivity contribution in [3.63, 3.8) is 0 Å². The van der Waals surface area contributed by atoms with Crippen molar-refractivity contribution < 1.29 is 0 Å². The van der Waals surface area contributed by atoms with Crippen LogP contribution in [-0.4, -0.2) is 12.6 Å². The average Bonchev–Trinajstić information content (AvgIpc) is 2.81. The molecule has 1 aromatic carbocycles. The SMILES string of the molecule is CC(C)NCC(Cc1sccc1Cl)c1ccccc1. The Morgan fingerprint density at radius 1 is 1.16 bits per heavy atom. The van der Waals surface area contributed by atoms with Gasteiger partial charge in [-0.05, 0) is 23.4 Å². The second-order valence-electron chi connectivity index (χ2n) is 5.07. The first-order valence-corrected chi connectivity index (χ1v) is 7.92. The van der Waals surface area contributed by atoms with Gasteiger partial charge in [-0.3, -0.25) is 0 Å². The van der Waals surface area contributed by atoms with E-state index in [1.54, 1.807) is 11.3 Å². The Labute approximate surface area is 124 Å². The molecule has 0 saturated heterocycles. The van der Waals surface area contributed by atoms with Gasteiger partial charge in [-0.15, -0.1) is 11.3 Å². The Hall–Kier alpha value is -0.830. The van der Waals surface area contributed by atoms with Gasteiger partial charge in [-0.25, -0.2) is 0 Å². The molecule has 0 spiro atoms. The number of nitrogens with one attached hydrogen (secondary N) is 1. The molecular formula is C16H20ClNS. The van der Waals surface area contributed by atoms with Crippen LogP contribution in [-0.2, 0) is 6.42 Å². The maximum Gasteiger partial charge on any atom is 0.0545 e. The number of hydrogen-bond acceptors (Lipinski definition) is 2. The van der Waals surface area contributed by atoms with E-state index in [0.717, 1.165) is 18.0 Å². The van der Waals surface area contributed by atoms with Gasteiger partial charge in [-0.2, -0.15) is 0 Å². The molecule has 2 aromatic rings. The van der Waals surface area contributed by atoms with Crippen molar-refractivity contribution >= 4 is 22.9 Å². The van der Waals surface area contributed by atoms with E-state index in [4.69, 9.17) is 11.6 Å². The standard InChI is InChI=1S/C16H20ClNS/c1-12(2)18-11-14(13-6-4-3-5-7-13)10-16-15(17)8-9-19-16/h3-9,12,14,18H,10-11H2,1-2H3. The van der Waals surface area contributed by atoms with Crippen molar-refractivity contribution in [3.05, 3.63) is 57.2 Å². The maximum atomic E-state index is 6.22. The van der Waals surface area contributed by atoms with Gasteiger partial charge in [0.15, 0.2) is 0 Å². The first-order chi connectivity index (χ1) is 9.16. The number of halogens is 1. The van der Waals surface area contributed by atoms with Gasteiger partial charge in [0, 0.05) is 23.4 Å². The van der Waals surface area contributed by atoms with E-state index < -0.39 is 0 Å². The Kier molecular flexibility index (Phi) is 5.44. The molecular weight excluding hydrogens is 274 g/mol. The first kappa shape index (κ1) is 14.6. The minimum atomic E-state index is 0.472. The molecule has 3 heteroatoms. The van der Waals surface area contributed by atoms with Crippen LogP contribution in [0.25, 0.3) is 0 Å². The zero-order valence-electron chi connectivity index (χ0n) is 11.4. The molecule has 0 fully saturated rings. The van der Waals surface area contributed by atoms with Crippen molar-refractivity contribution in [2.75, 3.05) is 6.54 Å². The molecule has 1 atom stereocenters. The second-order valence-corrected chi connectivity index (χ2v) is 6.47. The molecule has 0 aliphatic carbocycles. The predicted molar refractivity (Wildman–Crippen MR) is 85.4 cm³/mol. The lowest BCUT2D eigenvalue weighted by Crippen LogP contribution is -2.28. The zero-order chi connectivity index (χ0) is 13.7. The smallest absolute Gasteiger partial charge is 0.0545 e. The molecule has 0 aliphatic rings. The van der Waals surface area contributed by atoms with Gasteiger partial charge < -0.3 is 5.32 Å². The number of hydrogen-bond donors (Lipinski definition) is 1. The molecule has 0 radical (unpaired) electrons. The number of benzene rings is 1. The quantitative estimate of drug-likeness (QED) is 0.812. The summed E-state index contributed by atoms with van der Waals surface area (Å²) in [6, 6.07) is 13.2. The van der Waals surface area contributed by atoms with E-state index in [0.29, 0.717) is 12.0 Å². The fourth-order valence-electron chi connectivity index (χ4n) is 2.11. The lowest BCUT2D eigenvalue weighted by molar-refractivity contribution is 0.528. The summed E-state index contributed by atoms with van der Waals surface area (Å²) in [4.78, 5) is 1.28. The topological polar surface area (TPSA) is 12.0 Å². The molecule has 0 saturated carbocycles. The van der Waals surface area contributed by atoms with E-state index in [9.17, 15) is 0 Å². The van der Waals surface area contributed by atoms with Gasteiger partial charge >= 0.3 is 0 Å². The predicted octanol–water partition coefficient (Wildman–Crippen LogP) is 4.73. The van der Waals surface area contributed by atoms with Gasteiger partial charge in [0.05, 0.1) is 5.02 Å². The summed E-state index contributed by atoms with van der Waals surface area (Å²) in [6.07, 6.45) is 1.00. The van der Waals surface area contributed by atoms with Crippen LogP contribution in [0.2, 0.25) is 5.02 Å². The van der Waals surface area contributed by atoms with Crippen LogP contribution >= 0.6 is 22.9 Å². The van der Waals surface area contributed by atoms with Crippen LogP contribution in [0.4, 0.5) is 0 Å². The molecule has 1 heterocycles. The molecule has 0 amide bonds. The van der Waals surface area contributed by atoms with Gasteiger partial charge in [0.25, 0.3) is 0 Å². The minimum Gasteiger partial charge on any atom is -0.314 e. The van der Waals surface area contributed by atoms with E-state index in [1.165, 1.54) is 10.4 Å². The minimum absolute atomic E-state index is 0.472. The van der Waals surface area contributed by atoms with Crippen LogP contribution in [0.3, 0.4) is 0 Å². The Balaban J connectivity index is 2.12. The molecule has 1 aromatic heterocycles. The van der Waals surface area contributed by atoms with E-state index >= 15 is 0 Å². The highest BCUT2D eigenvalue weighted by Crippen LogP contribution is 2.28. The van der Waals surface area contributed by atoms with Crippen LogP contribution < -0.4 is 5.32 Å². The fourth-order valence-corrected chi connectivity index (χ4v) is 3.30. The summed E-state index contributed by atoms with van der Waals surface area (Å²) < 4.78 is 0. The summed E-state index contributed by atoms with van der Waals surface area (Å²) in [5, 5.41) is 6.50. The molecule has 1 unspecified atom stereocenters. The third kappa shape index (κ3) is 4.34. The maximum absolute atomic E-state index is 6.22. The molecule has 19 heavy (non-hydrogen) atoms. The van der Waals surface area contributed by atoms with Crippen molar-refractivity contribution in [3.8, 4) is 0 Å². The van der Waals surface area contributed by atoms with Crippen molar-refractivity contribution in [2.45, 2.75) is 32.2 Å². The van der Waals surface area contributed by atoms with E-state index in [-0.39, 0.29) is 0 Å². The Bertz CT molecular complexity index is 492. The number of rotatable bonds is 6. The monoisotopic (exact) mass is 293 g/mol. The Morgan fingerprint density at radius 3 is 2.47 bits per heavy atom. The van der Waals surface area contributed by atoms with Crippen LogP contribution in [0.15, 0.2) is 41.8 Å². The van der Waals surface area contributed by atoms with Crippen molar-refractivity contribution in [2.24, 2.45) is 0 Å². The largest absolute Gasteiger partial charge is 0.314 e. The summed E-state index contributed by atoms with van der Waals surface area (Å²) in [7, 11) is 0. The highest BCUT2D eigenvalue weighted by molar-refractivity contribution is 7.10. The summed E-state index contributed by atoms with van der Waals surface area (Å²) >= 11 is 7.97. The third-order valence-corrected chi connectivity index (χ3v) is 4.58. The highest BCUT2D eigenvalue weighted by atomic mass is 35.5. The summed E-state index contributed by atoms with van der Waals surface area (Å²) in [5.74, 6) is 0.472. The summed E-state index contributed by atoms with van der Waals surface area (Å²) in [5.41, 5.74) is 1.38. The van der Waals surface area contributed by atoms with E-state index in [1.807, 2.05) is 6.07 Å². The van der Waals surface area contributed by atoms with Gasteiger partial charge in [-0.1, -0.05) is 55.8 Å². The fraction of sp³-hybridized carbons (Fsp3) is 0.375. The van der Waals surface area contributed by atoms with Gasteiger partial charge in [0.1, 0.15) is 0 Å². The van der Waals surface area contributed by atoms with Crippen LogP contribution in [0.1, 0.15) is 30.2 Å². The zero-order valence-corrected chi connectivity index (χ0v) is 13.0. The third-order valence-electron chi connectivity index (χ3n) is 3.17. The second kappa shape index (κ2) is 7.09. The molecule has 102 valence electrons. The van der Waals surface area contributed by atoms with E-state index in [2.05, 4.69) is 54.9 Å². The molecule has 0 bridgehead atoms. The number of thiophene rings is 1. The van der Waals surface area contributed by atoms with Gasteiger partial charge in [0.2, 0.25) is 0 Å². The molecule has 1 N–H and O–H groups in total. The first-order valence-electron chi connectivity index (χ1n) is 6.67. The lowest BCUT2D eigenvalue weighted by atomic mass is 9.94. The molecule has 0 aliphatic heterocycles. The van der Waals surface area contributed by atoms with Crippen molar-refractivity contribution in [1.82, 2.24) is 5.32 Å². The molecule has 2 rings (SSSR count). The van der Waals surface area contributed by atoms with Crippen molar-refractivity contribution in [1.29, 1.82) is 0 Å². The van der Waals surface area contributed by atoms with Crippen LogP contribution in [0.5, 0.6) is 0 Å².